The molecule has 0 heterocycles. The first-order valence-electron chi connectivity index (χ1n) is 4.68. The third kappa shape index (κ3) is 2.33. The molecule has 1 aromatic carbocycles. The summed E-state index contributed by atoms with van der Waals surface area (Å²) in [5.41, 5.74) is 6.09. The third-order valence-corrected chi connectivity index (χ3v) is 1.87. The first-order valence-corrected chi connectivity index (χ1v) is 4.68. The summed E-state index contributed by atoms with van der Waals surface area (Å²) in [6, 6.07) is 6.66. The normalized spacial score (nSPS) is 12.2. The summed E-state index contributed by atoms with van der Waals surface area (Å²) in [5.74, 6) is 0.520. The molecule has 0 saturated carbocycles. The number of rotatable bonds is 4. The lowest BCUT2D eigenvalue weighted by Gasteiger charge is -2.10. The minimum atomic E-state index is -0.489. The molecule has 76 valence electrons. The van der Waals surface area contributed by atoms with Crippen molar-refractivity contribution in [2.24, 2.45) is 5.73 Å². The fourth-order valence-electron chi connectivity index (χ4n) is 1.20. The van der Waals surface area contributed by atoms with Gasteiger partial charge < -0.3 is 10.5 Å². The molecule has 0 aliphatic carbocycles. The summed E-state index contributed by atoms with van der Waals surface area (Å²) in [7, 11) is 0. The Bertz CT molecular complexity index is 321. The van der Waals surface area contributed by atoms with E-state index in [1.165, 1.54) is 0 Å². The van der Waals surface area contributed by atoms with Gasteiger partial charge in [-0.05, 0) is 26.0 Å². The molecule has 0 aliphatic rings. The second-order valence-electron chi connectivity index (χ2n) is 3.08. The van der Waals surface area contributed by atoms with E-state index in [4.69, 9.17) is 10.5 Å². The smallest absolute Gasteiger partial charge is 0.182 e. The van der Waals surface area contributed by atoms with E-state index in [1.54, 1.807) is 25.1 Å². The molecule has 1 unspecified atom stereocenters. The van der Waals surface area contributed by atoms with Crippen molar-refractivity contribution < 1.29 is 9.53 Å². The van der Waals surface area contributed by atoms with Gasteiger partial charge in [0.15, 0.2) is 5.78 Å². The Morgan fingerprint density at radius 1 is 1.50 bits per heavy atom. The highest BCUT2D eigenvalue weighted by Gasteiger charge is 2.14. The molecule has 0 amide bonds. The third-order valence-electron chi connectivity index (χ3n) is 1.87. The van der Waals surface area contributed by atoms with Crippen LogP contribution in [-0.4, -0.2) is 18.4 Å². The first-order chi connectivity index (χ1) is 6.66. The van der Waals surface area contributed by atoms with Gasteiger partial charge in [-0.3, -0.25) is 4.79 Å². The van der Waals surface area contributed by atoms with Crippen molar-refractivity contribution in [1.29, 1.82) is 0 Å². The number of ketones is 1. The van der Waals surface area contributed by atoms with Crippen molar-refractivity contribution in [2.75, 3.05) is 6.61 Å². The molecular formula is C11H15NO2. The SMILES string of the molecule is CCOc1ccccc1C(=O)C(C)N. The van der Waals surface area contributed by atoms with E-state index in [-0.39, 0.29) is 5.78 Å². The highest BCUT2D eigenvalue weighted by molar-refractivity contribution is 6.01. The molecule has 14 heavy (non-hydrogen) atoms. The van der Waals surface area contributed by atoms with Crippen LogP contribution in [0.2, 0.25) is 0 Å². The molecule has 3 heteroatoms. The lowest BCUT2D eigenvalue weighted by molar-refractivity contribution is 0.0964. The van der Waals surface area contributed by atoms with E-state index >= 15 is 0 Å². The lowest BCUT2D eigenvalue weighted by Crippen LogP contribution is -2.27. The van der Waals surface area contributed by atoms with Crippen LogP contribution in [0.5, 0.6) is 5.75 Å². The second kappa shape index (κ2) is 4.77. The van der Waals surface area contributed by atoms with Gasteiger partial charge in [0.05, 0.1) is 18.2 Å². The molecule has 1 atom stereocenters. The van der Waals surface area contributed by atoms with E-state index in [9.17, 15) is 4.79 Å². The average molecular weight is 193 g/mol. The Balaban J connectivity index is 3.00. The largest absolute Gasteiger partial charge is 0.493 e. The van der Waals surface area contributed by atoms with E-state index in [2.05, 4.69) is 0 Å². The monoisotopic (exact) mass is 193 g/mol. The summed E-state index contributed by atoms with van der Waals surface area (Å²) in [6.07, 6.45) is 0. The maximum Gasteiger partial charge on any atom is 0.182 e. The minimum absolute atomic E-state index is 0.0888. The van der Waals surface area contributed by atoms with Gasteiger partial charge in [0.2, 0.25) is 0 Å². The molecule has 0 saturated heterocycles. The zero-order valence-corrected chi connectivity index (χ0v) is 8.49. The van der Waals surface area contributed by atoms with Crippen molar-refractivity contribution in [1.82, 2.24) is 0 Å². The van der Waals surface area contributed by atoms with Crippen LogP contribution in [0.15, 0.2) is 24.3 Å². The summed E-state index contributed by atoms with van der Waals surface area (Å²) < 4.78 is 5.33. The van der Waals surface area contributed by atoms with E-state index < -0.39 is 6.04 Å². The maximum atomic E-state index is 11.6. The lowest BCUT2D eigenvalue weighted by atomic mass is 10.1. The Labute approximate surface area is 83.9 Å². The van der Waals surface area contributed by atoms with Crippen LogP contribution in [-0.2, 0) is 0 Å². The number of carbonyl (C=O) groups excluding carboxylic acids is 1. The van der Waals surface area contributed by atoms with Crippen LogP contribution in [0.4, 0.5) is 0 Å². The standard InChI is InChI=1S/C11H15NO2/c1-3-14-10-7-5-4-6-9(10)11(13)8(2)12/h4-8H,3,12H2,1-2H3. The van der Waals surface area contributed by atoms with Gasteiger partial charge in [0.1, 0.15) is 5.75 Å². The van der Waals surface area contributed by atoms with Gasteiger partial charge in [0, 0.05) is 0 Å². The summed E-state index contributed by atoms with van der Waals surface area (Å²) in [5, 5.41) is 0. The summed E-state index contributed by atoms with van der Waals surface area (Å²) in [4.78, 5) is 11.6. The van der Waals surface area contributed by atoms with E-state index in [1.807, 2.05) is 13.0 Å². The number of hydrogen-bond donors (Lipinski definition) is 1. The Morgan fingerprint density at radius 3 is 2.71 bits per heavy atom. The molecule has 0 aliphatic heterocycles. The summed E-state index contributed by atoms with van der Waals surface area (Å²) in [6.45, 7) is 4.10. The Morgan fingerprint density at radius 2 is 2.14 bits per heavy atom. The van der Waals surface area contributed by atoms with Gasteiger partial charge in [-0.25, -0.2) is 0 Å². The number of carbonyl (C=O) groups is 1. The highest BCUT2D eigenvalue weighted by Crippen LogP contribution is 2.19. The van der Waals surface area contributed by atoms with Gasteiger partial charge in [-0.2, -0.15) is 0 Å². The Hall–Kier alpha value is -1.35. The van der Waals surface area contributed by atoms with Crippen molar-refractivity contribution in [3.8, 4) is 5.75 Å². The average Bonchev–Trinajstić information content (AvgIpc) is 2.18. The molecule has 0 spiro atoms. The van der Waals surface area contributed by atoms with E-state index in [0.717, 1.165) is 0 Å². The molecule has 0 bridgehead atoms. The van der Waals surface area contributed by atoms with Crippen molar-refractivity contribution in [3.05, 3.63) is 29.8 Å². The molecule has 1 rings (SSSR count). The fourth-order valence-corrected chi connectivity index (χ4v) is 1.20. The second-order valence-corrected chi connectivity index (χ2v) is 3.08. The van der Waals surface area contributed by atoms with Gasteiger partial charge in [-0.1, -0.05) is 12.1 Å². The van der Waals surface area contributed by atoms with Crippen LogP contribution in [0.3, 0.4) is 0 Å². The van der Waals surface area contributed by atoms with Crippen LogP contribution < -0.4 is 10.5 Å². The Kier molecular flexibility index (Phi) is 3.65. The van der Waals surface area contributed by atoms with Gasteiger partial charge >= 0.3 is 0 Å². The van der Waals surface area contributed by atoms with Crippen molar-refractivity contribution in [2.45, 2.75) is 19.9 Å². The molecule has 0 fully saturated rings. The van der Waals surface area contributed by atoms with Crippen LogP contribution in [0.1, 0.15) is 24.2 Å². The van der Waals surface area contributed by atoms with Gasteiger partial charge in [-0.15, -0.1) is 0 Å². The van der Waals surface area contributed by atoms with Crippen molar-refractivity contribution >= 4 is 5.78 Å². The van der Waals surface area contributed by atoms with Crippen LogP contribution in [0.25, 0.3) is 0 Å². The topological polar surface area (TPSA) is 52.3 Å². The number of hydrogen-bond acceptors (Lipinski definition) is 3. The molecule has 2 N–H and O–H groups in total. The highest BCUT2D eigenvalue weighted by atomic mass is 16.5. The number of Topliss-reactive ketones (excluding diaryl/α,β-unsaturated/α-hetero) is 1. The zero-order valence-electron chi connectivity index (χ0n) is 8.49. The molecule has 3 nitrogen and oxygen atoms in total. The van der Waals surface area contributed by atoms with Crippen molar-refractivity contribution in [3.63, 3.8) is 0 Å². The minimum Gasteiger partial charge on any atom is -0.493 e. The molecule has 0 aromatic heterocycles. The quantitative estimate of drug-likeness (QED) is 0.739. The van der Waals surface area contributed by atoms with E-state index in [0.29, 0.717) is 17.9 Å². The number of ether oxygens (including phenoxy) is 1. The zero-order chi connectivity index (χ0) is 10.6. The van der Waals surface area contributed by atoms with Crippen LogP contribution >= 0.6 is 0 Å². The number of para-hydroxylation sites is 1. The van der Waals surface area contributed by atoms with Crippen LogP contribution in [0, 0.1) is 0 Å². The first kappa shape index (κ1) is 10.7. The number of benzene rings is 1. The predicted molar refractivity (Wildman–Crippen MR) is 55.6 cm³/mol. The number of nitrogens with two attached hydrogens (primary N) is 1. The molecule has 0 radical (unpaired) electrons. The maximum absolute atomic E-state index is 11.6. The predicted octanol–water partition coefficient (Wildman–Crippen LogP) is 1.62. The molecule has 1 aromatic rings. The van der Waals surface area contributed by atoms with Gasteiger partial charge in [0.25, 0.3) is 0 Å². The molecular weight excluding hydrogens is 178 g/mol. The fraction of sp³-hybridized carbons (Fsp3) is 0.364. The summed E-state index contributed by atoms with van der Waals surface area (Å²) >= 11 is 0.